The molecule has 1 aromatic heterocycles. The molecule has 0 spiro atoms. The van der Waals surface area contributed by atoms with Crippen molar-refractivity contribution in [3.63, 3.8) is 0 Å². The number of benzene rings is 1. The van der Waals surface area contributed by atoms with Crippen molar-refractivity contribution in [2.24, 2.45) is 0 Å². The molecule has 1 aromatic carbocycles. The Morgan fingerprint density at radius 2 is 2.25 bits per heavy atom. The zero-order chi connectivity index (χ0) is 8.55. The van der Waals surface area contributed by atoms with Crippen molar-refractivity contribution in [2.75, 3.05) is 0 Å². The minimum absolute atomic E-state index is 0.991. The second kappa shape index (κ2) is 2.63. The SMILES string of the molecule is CCc1n[nH]c2cccc(C)c12. The molecule has 2 nitrogen and oxygen atoms in total. The van der Waals surface area contributed by atoms with E-state index in [1.807, 2.05) is 0 Å². The van der Waals surface area contributed by atoms with Gasteiger partial charge in [-0.25, -0.2) is 0 Å². The molecular weight excluding hydrogens is 148 g/mol. The van der Waals surface area contributed by atoms with Crippen LogP contribution in [0.5, 0.6) is 0 Å². The summed E-state index contributed by atoms with van der Waals surface area (Å²) in [7, 11) is 0. The summed E-state index contributed by atoms with van der Waals surface area (Å²) in [6.07, 6.45) is 0.991. The van der Waals surface area contributed by atoms with Crippen LogP contribution in [-0.4, -0.2) is 10.2 Å². The quantitative estimate of drug-likeness (QED) is 0.682. The third-order valence-corrected chi connectivity index (χ3v) is 2.21. The molecule has 0 saturated carbocycles. The van der Waals surface area contributed by atoms with E-state index in [4.69, 9.17) is 0 Å². The van der Waals surface area contributed by atoms with Gasteiger partial charge >= 0.3 is 0 Å². The molecule has 62 valence electrons. The number of aromatic nitrogens is 2. The molecule has 2 heteroatoms. The molecule has 0 radical (unpaired) electrons. The second-order valence-corrected chi connectivity index (χ2v) is 3.02. The van der Waals surface area contributed by atoms with Crippen molar-refractivity contribution in [3.8, 4) is 0 Å². The summed E-state index contributed by atoms with van der Waals surface area (Å²) in [4.78, 5) is 0. The van der Waals surface area contributed by atoms with Gasteiger partial charge in [0.1, 0.15) is 0 Å². The summed E-state index contributed by atoms with van der Waals surface area (Å²) >= 11 is 0. The molecule has 0 amide bonds. The molecule has 0 bridgehead atoms. The van der Waals surface area contributed by atoms with Gasteiger partial charge < -0.3 is 0 Å². The predicted molar refractivity (Wildman–Crippen MR) is 50.2 cm³/mol. The van der Waals surface area contributed by atoms with Crippen LogP contribution >= 0.6 is 0 Å². The van der Waals surface area contributed by atoms with Crippen molar-refractivity contribution in [3.05, 3.63) is 29.5 Å². The molecular formula is C10H12N2. The molecule has 0 aliphatic rings. The van der Waals surface area contributed by atoms with E-state index in [2.05, 4.69) is 42.2 Å². The van der Waals surface area contributed by atoms with Gasteiger partial charge in [-0.3, -0.25) is 5.10 Å². The highest BCUT2D eigenvalue weighted by molar-refractivity contribution is 5.84. The monoisotopic (exact) mass is 160 g/mol. The number of aromatic amines is 1. The topological polar surface area (TPSA) is 28.7 Å². The number of hydrogen-bond donors (Lipinski definition) is 1. The van der Waals surface area contributed by atoms with Crippen molar-refractivity contribution in [1.82, 2.24) is 10.2 Å². The summed E-state index contributed by atoms with van der Waals surface area (Å²) in [5.74, 6) is 0. The molecule has 0 saturated heterocycles. The molecule has 1 heterocycles. The van der Waals surface area contributed by atoms with Crippen molar-refractivity contribution in [2.45, 2.75) is 20.3 Å². The number of nitrogens with one attached hydrogen (secondary N) is 1. The highest BCUT2D eigenvalue weighted by Gasteiger charge is 2.04. The first-order valence-corrected chi connectivity index (χ1v) is 4.25. The van der Waals surface area contributed by atoms with Gasteiger partial charge in [0.05, 0.1) is 11.2 Å². The fraction of sp³-hybridized carbons (Fsp3) is 0.300. The molecule has 0 fully saturated rings. The lowest BCUT2D eigenvalue weighted by Crippen LogP contribution is -1.81. The molecule has 0 atom stereocenters. The Morgan fingerprint density at radius 3 is 3.00 bits per heavy atom. The number of H-pyrrole nitrogens is 1. The van der Waals surface area contributed by atoms with E-state index in [0.29, 0.717) is 0 Å². The fourth-order valence-electron chi connectivity index (χ4n) is 1.58. The number of hydrogen-bond acceptors (Lipinski definition) is 1. The van der Waals surface area contributed by atoms with E-state index in [1.165, 1.54) is 16.6 Å². The van der Waals surface area contributed by atoms with Gasteiger partial charge in [-0.1, -0.05) is 19.1 Å². The van der Waals surface area contributed by atoms with Crippen LogP contribution in [0, 0.1) is 6.92 Å². The number of rotatable bonds is 1. The maximum absolute atomic E-state index is 4.25. The van der Waals surface area contributed by atoms with Crippen molar-refractivity contribution >= 4 is 10.9 Å². The van der Waals surface area contributed by atoms with Crippen LogP contribution in [0.1, 0.15) is 18.2 Å². The third-order valence-electron chi connectivity index (χ3n) is 2.21. The summed E-state index contributed by atoms with van der Waals surface area (Å²) in [5.41, 5.74) is 3.62. The maximum Gasteiger partial charge on any atom is 0.0700 e. The minimum Gasteiger partial charge on any atom is -0.278 e. The second-order valence-electron chi connectivity index (χ2n) is 3.02. The van der Waals surface area contributed by atoms with Crippen LogP contribution in [0.25, 0.3) is 10.9 Å². The lowest BCUT2D eigenvalue weighted by atomic mass is 10.1. The number of aryl methyl sites for hydroxylation is 2. The maximum atomic E-state index is 4.25. The first-order valence-electron chi connectivity index (χ1n) is 4.25. The first-order chi connectivity index (χ1) is 5.83. The van der Waals surface area contributed by atoms with E-state index in [-0.39, 0.29) is 0 Å². The Balaban J connectivity index is 2.83. The van der Waals surface area contributed by atoms with Crippen LogP contribution in [0.3, 0.4) is 0 Å². The van der Waals surface area contributed by atoms with Gasteiger partial charge in [0, 0.05) is 5.39 Å². The summed E-state index contributed by atoms with van der Waals surface area (Å²) in [5, 5.41) is 8.57. The van der Waals surface area contributed by atoms with E-state index in [1.54, 1.807) is 0 Å². The Morgan fingerprint density at radius 1 is 1.42 bits per heavy atom. The molecule has 2 aromatic rings. The zero-order valence-electron chi connectivity index (χ0n) is 7.39. The number of fused-ring (bicyclic) bond motifs is 1. The summed E-state index contributed by atoms with van der Waals surface area (Å²) in [6, 6.07) is 6.24. The van der Waals surface area contributed by atoms with Gasteiger partial charge in [-0.15, -0.1) is 0 Å². The lowest BCUT2D eigenvalue weighted by Gasteiger charge is -1.95. The largest absolute Gasteiger partial charge is 0.278 e. The number of nitrogens with zero attached hydrogens (tertiary/aromatic N) is 1. The van der Waals surface area contributed by atoms with Gasteiger partial charge in [-0.05, 0) is 25.0 Å². The Kier molecular flexibility index (Phi) is 1.61. The van der Waals surface area contributed by atoms with Crippen LogP contribution in [0.4, 0.5) is 0 Å². The third kappa shape index (κ3) is 0.916. The Bertz CT molecular complexity index is 401. The van der Waals surface area contributed by atoms with Crippen LogP contribution in [0.15, 0.2) is 18.2 Å². The van der Waals surface area contributed by atoms with Crippen molar-refractivity contribution in [1.29, 1.82) is 0 Å². The van der Waals surface area contributed by atoms with Gasteiger partial charge in [0.15, 0.2) is 0 Å². The lowest BCUT2D eigenvalue weighted by molar-refractivity contribution is 0.987. The fourth-order valence-corrected chi connectivity index (χ4v) is 1.58. The summed E-state index contributed by atoms with van der Waals surface area (Å²) in [6.45, 7) is 4.25. The Hall–Kier alpha value is -1.31. The predicted octanol–water partition coefficient (Wildman–Crippen LogP) is 2.43. The summed E-state index contributed by atoms with van der Waals surface area (Å²) < 4.78 is 0. The van der Waals surface area contributed by atoms with Crippen LogP contribution < -0.4 is 0 Å². The first kappa shape index (κ1) is 7.35. The average Bonchev–Trinajstić information content (AvgIpc) is 2.49. The zero-order valence-corrected chi connectivity index (χ0v) is 7.39. The highest BCUT2D eigenvalue weighted by Crippen LogP contribution is 2.19. The molecule has 2 rings (SSSR count). The molecule has 0 aliphatic carbocycles. The standard InChI is InChI=1S/C10H12N2/c1-3-8-10-7(2)5-4-6-9(10)12-11-8/h4-6H,3H2,1-2H3,(H,11,12). The van der Waals surface area contributed by atoms with Crippen molar-refractivity contribution < 1.29 is 0 Å². The minimum atomic E-state index is 0.991. The van der Waals surface area contributed by atoms with E-state index in [9.17, 15) is 0 Å². The molecule has 0 unspecified atom stereocenters. The van der Waals surface area contributed by atoms with Gasteiger partial charge in [-0.2, -0.15) is 5.10 Å². The normalized spacial score (nSPS) is 10.8. The van der Waals surface area contributed by atoms with Crippen LogP contribution in [-0.2, 0) is 6.42 Å². The van der Waals surface area contributed by atoms with Crippen LogP contribution in [0.2, 0.25) is 0 Å². The molecule has 1 N–H and O–H groups in total. The smallest absolute Gasteiger partial charge is 0.0700 e. The van der Waals surface area contributed by atoms with E-state index < -0.39 is 0 Å². The Labute approximate surface area is 71.6 Å². The van der Waals surface area contributed by atoms with Gasteiger partial charge in [0.2, 0.25) is 0 Å². The van der Waals surface area contributed by atoms with E-state index >= 15 is 0 Å². The highest BCUT2D eigenvalue weighted by atomic mass is 15.1. The van der Waals surface area contributed by atoms with Gasteiger partial charge in [0.25, 0.3) is 0 Å². The van der Waals surface area contributed by atoms with E-state index in [0.717, 1.165) is 11.9 Å². The molecule has 12 heavy (non-hydrogen) atoms. The average molecular weight is 160 g/mol. The molecule has 0 aliphatic heterocycles.